The number of hydrogen-bond donors (Lipinski definition) is 2. The van der Waals surface area contributed by atoms with Crippen molar-refractivity contribution in [3.8, 4) is 5.75 Å². The number of ether oxygens (including phenoxy) is 1. The Morgan fingerprint density at radius 3 is 2.67 bits per heavy atom. The fraction of sp³-hybridized carbons (Fsp3) is 0.250. The largest absolute Gasteiger partial charge is 0.472 e. The molecule has 0 aromatic heterocycles. The molecular formula is C8H10ClO5P. The highest BCUT2D eigenvalue weighted by molar-refractivity contribution is 7.46. The van der Waals surface area contributed by atoms with Gasteiger partial charge in [0.05, 0.1) is 5.02 Å². The van der Waals surface area contributed by atoms with Crippen LogP contribution in [-0.2, 0) is 9.09 Å². The summed E-state index contributed by atoms with van der Waals surface area (Å²) in [5.41, 5.74) is 0.961. The number of phosphoric acid groups is 1. The van der Waals surface area contributed by atoms with Gasteiger partial charge in [-0.2, -0.15) is 0 Å². The van der Waals surface area contributed by atoms with Gasteiger partial charge in [0.25, 0.3) is 0 Å². The Kier molecular flexibility index (Phi) is 4.13. The van der Waals surface area contributed by atoms with Crippen LogP contribution < -0.4 is 4.74 Å². The normalized spacial score (nSPS) is 11.5. The molecule has 7 heteroatoms. The van der Waals surface area contributed by atoms with Crippen LogP contribution in [0.15, 0.2) is 18.2 Å². The number of hydrogen-bond acceptors (Lipinski definition) is 3. The van der Waals surface area contributed by atoms with Crippen molar-refractivity contribution in [2.45, 2.75) is 6.92 Å². The summed E-state index contributed by atoms with van der Waals surface area (Å²) in [6.07, 6.45) is 0. The van der Waals surface area contributed by atoms with E-state index in [2.05, 4.69) is 4.52 Å². The summed E-state index contributed by atoms with van der Waals surface area (Å²) in [6.45, 7) is 1.31. The van der Waals surface area contributed by atoms with Crippen molar-refractivity contribution in [1.29, 1.82) is 0 Å². The standard InChI is InChI=1S/C8H10ClO5P/c1-6-2-3-8(7(9)4-6)13-5-14-15(10,11)12/h2-4H,5H2,1H3,(H2,10,11,12). The summed E-state index contributed by atoms with van der Waals surface area (Å²) >= 11 is 5.80. The van der Waals surface area contributed by atoms with E-state index in [0.717, 1.165) is 5.56 Å². The van der Waals surface area contributed by atoms with E-state index in [1.54, 1.807) is 18.2 Å². The van der Waals surface area contributed by atoms with Gasteiger partial charge in [-0.1, -0.05) is 17.7 Å². The second-order valence-electron chi connectivity index (χ2n) is 2.82. The van der Waals surface area contributed by atoms with Crippen LogP contribution in [0.5, 0.6) is 5.75 Å². The summed E-state index contributed by atoms with van der Waals surface area (Å²) in [7, 11) is -4.50. The second-order valence-corrected chi connectivity index (χ2v) is 4.46. The number of halogens is 1. The van der Waals surface area contributed by atoms with Crippen molar-refractivity contribution in [2.75, 3.05) is 6.79 Å². The maximum atomic E-state index is 10.3. The number of phosphoric ester groups is 1. The molecule has 1 aromatic carbocycles. The predicted octanol–water partition coefficient (Wildman–Crippen LogP) is 2.09. The molecule has 0 spiro atoms. The zero-order chi connectivity index (χ0) is 11.5. The first-order valence-electron chi connectivity index (χ1n) is 3.97. The minimum atomic E-state index is -4.50. The van der Waals surface area contributed by atoms with Gasteiger partial charge < -0.3 is 14.5 Å². The fourth-order valence-corrected chi connectivity index (χ4v) is 1.36. The summed E-state index contributed by atoms with van der Waals surface area (Å²) in [5.74, 6) is 0.315. The Labute approximate surface area is 91.8 Å². The highest BCUT2D eigenvalue weighted by Crippen LogP contribution is 2.36. The SMILES string of the molecule is Cc1ccc(OCOP(=O)(O)O)c(Cl)c1. The molecule has 84 valence electrons. The number of rotatable bonds is 4. The van der Waals surface area contributed by atoms with E-state index in [-0.39, 0.29) is 0 Å². The van der Waals surface area contributed by atoms with Gasteiger partial charge in [-0.05, 0) is 24.6 Å². The highest BCUT2D eigenvalue weighted by atomic mass is 35.5. The molecule has 1 rings (SSSR count). The molecule has 0 amide bonds. The van der Waals surface area contributed by atoms with Crippen LogP contribution in [0.4, 0.5) is 0 Å². The third kappa shape index (κ3) is 4.64. The maximum absolute atomic E-state index is 10.3. The van der Waals surface area contributed by atoms with Gasteiger partial charge in [-0.3, -0.25) is 0 Å². The van der Waals surface area contributed by atoms with E-state index in [1.165, 1.54) is 0 Å². The molecule has 0 saturated carbocycles. The van der Waals surface area contributed by atoms with Gasteiger partial charge in [0.1, 0.15) is 5.75 Å². The summed E-state index contributed by atoms with van der Waals surface area (Å²) in [4.78, 5) is 16.8. The molecule has 0 aliphatic carbocycles. The van der Waals surface area contributed by atoms with E-state index in [0.29, 0.717) is 10.8 Å². The molecule has 2 N–H and O–H groups in total. The summed E-state index contributed by atoms with van der Waals surface area (Å²) < 4.78 is 19.3. The lowest BCUT2D eigenvalue weighted by atomic mass is 10.2. The van der Waals surface area contributed by atoms with Crippen molar-refractivity contribution in [3.63, 3.8) is 0 Å². The first-order valence-corrected chi connectivity index (χ1v) is 5.88. The van der Waals surface area contributed by atoms with Gasteiger partial charge in [0.15, 0.2) is 6.79 Å². The molecule has 0 aliphatic heterocycles. The second kappa shape index (κ2) is 4.96. The van der Waals surface area contributed by atoms with Crippen LogP contribution in [0.3, 0.4) is 0 Å². The molecule has 0 aliphatic rings. The van der Waals surface area contributed by atoms with E-state index in [1.807, 2.05) is 6.92 Å². The van der Waals surface area contributed by atoms with Gasteiger partial charge >= 0.3 is 7.82 Å². The van der Waals surface area contributed by atoms with Crippen LogP contribution >= 0.6 is 19.4 Å². The first-order chi connectivity index (χ1) is 6.88. The van der Waals surface area contributed by atoms with Crippen LogP contribution in [0.25, 0.3) is 0 Å². The molecule has 0 heterocycles. The molecule has 0 unspecified atom stereocenters. The molecule has 0 fully saturated rings. The lowest BCUT2D eigenvalue weighted by molar-refractivity contribution is 0.0829. The molecule has 15 heavy (non-hydrogen) atoms. The van der Waals surface area contributed by atoms with E-state index >= 15 is 0 Å². The van der Waals surface area contributed by atoms with Gasteiger partial charge in [0, 0.05) is 0 Å². The van der Waals surface area contributed by atoms with Crippen LogP contribution in [0.1, 0.15) is 5.56 Å². The summed E-state index contributed by atoms with van der Waals surface area (Å²) in [5, 5.41) is 0.365. The third-order valence-electron chi connectivity index (χ3n) is 1.52. The zero-order valence-corrected chi connectivity index (χ0v) is 9.53. The van der Waals surface area contributed by atoms with E-state index < -0.39 is 14.6 Å². The topological polar surface area (TPSA) is 76.0 Å². The zero-order valence-electron chi connectivity index (χ0n) is 7.88. The Morgan fingerprint density at radius 2 is 2.13 bits per heavy atom. The minimum Gasteiger partial charge on any atom is -0.465 e. The Balaban J connectivity index is 2.55. The molecular weight excluding hydrogens is 243 g/mol. The van der Waals surface area contributed by atoms with Gasteiger partial charge in [-0.15, -0.1) is 0 Å². The van der Waals surface area contributed by atoms with Crippen molar-refractivity contribution in [3.05, 3.63) is 28.8 Å². The lowest BCUT2D eigenvalue weighted by Crippen LogP contribution is -2.01. The highest BCUT2D eigenvalue weighted by Gasteiger charge is 2.14. The van der Waals surface area contributed by atoms with Crippen molar-refractivity contribution >= 4 is 19.4 Å². The van der Waals surface area contributed by atoms with Crippen molar-refractivity contribution in [1.82, 2.24) is 0 Å². The number of aryl methyl sites for hydroxylation is 1. The Morgan fingerprint density at radius 1 is 1.47 bits per heavy atom. The molecule has 0 bridgehead atoms. The maximum Gasteiger partial charge on any atom is 0.472 e. The van der Waals surface area contributed by atoms with Crippen LogP contribution in [0, 0.1) is 6.92 Å². The van der Waals surface area contributed by atoms with Gasteiger partial charge in [0.2, 0.25) is 0 Å². The third-order valence-corrected chi connectivity index (χ3v) is 2.26. The van der Waals surface area contributed by atoms with Gasteiger partial charge in [-0.25, -0.2) is 9.09 Å². The molecule has 1 aromatic rings. The molecule has 0 saturated heterocycles. The molecule has 5 nitrogen and oxygen atoms in total. The molecule has 0 atom stereocenters. The first kappa shape index (κ1) is 12.5. The predicted molar refractivity (Wildman–Crippen MR) is 54.8 cm³/mol. The van der Waals surface area contributed by atoms with Crippen LogP contribution in [-0.4, -0.2) is 16.6 Å². The fourth-order valence-electron chi connectivity index (χ4n) is 0.881. The van der Waals surface area contributed by atoms with Crippen molar-refractivity contribution in [2.24, 2.45) is 0 Å². The minimum absolute atomic E-state index is 0.315. The lowest BCUT2D eigenvalue weighted by Gasteiger charge is -2.09. The van der Waals surface area contributed by atoms with E-state index in [4.69, 9.17) is 26.1 Å². The van der Waals surface area contributed by atoms with Crippen LogP contribution in [0.2, 0.25) is 5.02 Å². The summed E-state index contributed by atoms with van der Waals surface area (Å²) in [6, 6.07) is 5.04. The smallest absolute Gasteiger partial charge is 0.465 e. The average Bonchev–Trinajstić information content (AvgIpc) is 2.07. The average molecular weight is 253 g/mol. The Hall–Kier alpha value is -0.580. The monoisotopic (exact) mass is 252 g/mol. The molecule has 0 radical (unpaired) electrons. The quantitative estimate of drug-likeness (QED) is 0.634. The van der Waals surface area contributed by atoms with Crippen molar-refractivity contribution < 1.29 is 23.6 Å². The number of benzene rings is 1. The Bertz CT molecular complexity index is 389. The van der Waals surface area contributed by atoms with E-state index in [9.17, 15) is 4.57 Å².